The summed E-state index contributed by atoms with van der Waals surface area (Å²) in [6, 6.07) is 5.11. The standard InChI is InChI=1S/C16H22N2O3S/c1-2-22(21)17-12-3-4-13(15(19)20)14(11-12)18-9-7-16(5-6-16)8-10-18/h3-4,11,17H,2,5-10H2,1H3,(H,19,20). The van der Waals surface area contributed by atoms with Gasteiger partial charge in [-0.15, -0.1) is 0 Å². The molecule has 0 amide bonds. The van der Waals surface area contributed by atoms with Crippen LogP contribution in [-0.4, -0.2) is 34.5 Å². The van der Waals surface area contributed by atoms with Crippen molar-refractivity contribution in [3.63, 3.8) is 0 Å². The molecule has 0 radical (unpaired) electrons. The smallest absolute Gasteiger partial charge is 0.337 e. The van der Waals surface area contributed by atoms with Crippen molar-refractivity contribution in [1.29, 1.82) is 0 Å². The van der Waals surface area contributed by atoms with Gasteiger partial charge in [0.25, 0.3) is 0 Å². The Bertz CT molecular complexity index is 565. The summed E-state index contributed by atoms with van der Waals surface area (Å²) in [5.41, 5.74) is 2.33. The minimum Gasteiger partial charge on any atom is -0.593 e. The zero-order valence-electron chi connectivity index (χ0n) is 12.8. The van der Waals surface area contributed by atoms with Gasteiger partial charge in [-0.25, -0.2) is 9.52 Å². The van der Waals surface area contributed by atoms with Gasteiger partial charge in [-0.3, -0.25) is 0 Å². The van der Waals surface area contributed by atoms with E-state index in [9.17, 15) is 14.5 Å². The first-order chi connectivity index (χ1) is 10.5. The molecule has 1 atom stereocenters. The molecule has 1 aromatic carbocycles. The molecule has 3 rings (SSSR count). The highest BCUT2D eigenvalue weighted by molar-refractivity contribution is 7.92. The number of carboxylic acid groups (broad SMARTS) is 1. The molecule has 0 aromatic heterocycles. The van der Waals surface area contributed by atoms with Crippen molar-refractivity contribution in [2.24, 2.45) is 5.41 Å². The van der Waals surface area contributed by atoms with E-state index in [-0.39, 0.29) is 0 Å². The number of anilines is 2. The average Bonchev–Trinajstić information content (AvgIpc) is 3.27. The van der Waals surface area contributed by atoms with Crippen LogP contribution in [-0.2, 0) is 11.4 Å². The normalized spacial score (nSPS) is 20.7. The van der Waals surface area contributed by atoms with E-state index in [2.05, 4.69) is 9.62 Å². The Balaban J connectivity index is 1.82. The monoisotopic (exact) mass is 322 g/mol. The Morgan fingerprint density at radius 3 is 2.59 bits per heavy atom. The van der Waals surface area contributed by atoms with E-state index in [1.165, 1.54) is 12.8 Å². The molecule has 120 valence electrons. The highest BCUT2D eigenvalue weighted by atomic mass is 32.2. The van der Waals surface area contributed by atoms with Crippen LogP contribution in [0.15, 0.2) is 18.2 Å². The Labute approximate surface area is 134 Å². The van der Waals surface area contributed by atoms with Gasteiger partial charge in [-0.05, 0) is 56.2 Å². The number of hydrogen-bond donors (Lipinski definition) is 2. The van der Waals surface area contributed by atoms with E-state index >= 15 is 0 Å². The fraction of sp³-hybridized carbons (Fsp3) is 0.562. The Morgan fingerprint density at radius 1 is 1.36 bits per heavy atom. The third-order valence-corrected chi connectivity index (χ3v) is 5.83. The summed E-state index contributed by atoms with van der Waals surface area (Å²) in [5, 5.41) is 9.42. The predicted octanol–water partition coefficient (Wildman–Crippen LogP) is 2.86. The number of rotatable bonds is 5. The summed E-state index contributed by atoms with van der Waals surface area (Å²) in [6.45, 7) is 3.65. The summed E-state index contributed by atoms with van der Waals surface area (Å²) >= 11 is -1.13. The van der Waals surface area contributed by atoms with Gasteiger partial charge in [-0.1, -0.05) is 0 Å². The number of benzene rings is 1. The summed E-state index contributed by atoms with van der Waals surface area (Å²) in [5.74, 6) is -0.396. The van der Waals surface area contributed by atoms with Crippen LogP contribution in [0, 0.1) is 5.41 Å². The second-order valence-electron chi connectivity index (χ2n) is 6.26. The molecule has 1 saturated carbocycles. The molecular formula is C16H22N2O3S. The van der Waals surface area contributed by atoms with E-state index in [4.69, 9.17) is 0 Å². The highest BCUT2D eigenvalue weighted by Gasteiger charge is 2.44. The first-order valence-electron chi connectivity index (χ1n) is 7.80. The first-order valence-corrected chi connectivity index (χ1v) is 9.12. The van der Waals surface area contributed by atoms with E-state index in [1.54, 1.807) is 12.1 Å². The van der Waals surface area contributed by atoms with Gasteiger partial charge in [0, 0.05) is 13.1 Å². The maximum Gasteiger partial charge on any atom is 0.337 e. The van der Waals surface area contributed by atoms with E-state index in [0.29, 0.717) is 22.4 Å². The van der Waals surface area contributed by atoms with Crippen molar-refractivity contribution < 1.29 is 14.5 Å². The van der Waals surface area contributed by atoms with Gasteiger partial charge < -0.3 is 14.6 Å². The fourth-order valence-electron chi connectivity index (χ4n) is 3.14. The maximum absolute atomic E-state index is 11.7. The van der Waals surface area contributed by atoms with Crippen molar-refractivity contribution in [2.45, 2.75) is 32.6 Å². The molecule has 2 fully saturated rings. The van der Waals surface area contributed by atoms with Crippen LogP contribution in [0.2, 0.25) is 0 Å². The van der Waals surface area contributed by atoms with Crippen LogP contribution in [0.4, 0.5) is 11.4 Å². The molecule has 6 heteroatoms. The van der Waals surface area contributed by atoms with Crippen molar-refractivity contribution >= 4 is 28.7 Å². The summed E-state index contributed by atoms with van der Waals surface area (Å²) in [4.78, 5) is 13.6. The molecule has 1 aromatic rings. The minimum atomic E-state index is -1.13. The lowest BCUT2D eigenvalue weighted by Gasteiger charge is -2.34. The van der Waals surface area contributed by atoms with Gasteiger partial charge >= 0.3 is 5.97 Å². The van der Waals surface area contributed by atoms with Crippen LogP contribution in [0.3, 0.4) is 0 Å². The number of carbonyl (C=O) groups is 1. The molecule has 1 spiro atoms. The number of piperidine rings is 1. The number of nitrogens with zero attached hydrogens (tertiary/aromatic N) is 1. The van der Waals surface area contributed by atoms with Crippen LogP contribution in [0.1, 0.15) is 43.0 Å². The lowest BCUT2D eigenvalue weighted by molar-refractivity contribution is 0.0697. The highest BCUT2D eigenvalue weighted by Crippen LogP contribution is 2.54. The number of aromatic carboxylic acids is 1. The van der Waals surface area contributed by atoms with Crippen molar-refractivity contribution in [3.05, 3.63) is 23.8 Å². The van der Waals surface area contributed by atoms with Crippen LogP contribution in [0.25, 0.3) is 0 Å². The number of carboxylic acids is 1. The van der Waals surface area contributed by atoms with Gasteiger partial charge in [0.2, 0.25) is 0 Å². The van der Waals surface area contributed by atoms with Gasteiger partial charge in [0.1, 0.15) is 5.75 Å². The zero-order valence-corrected chi connectivity index (χ0v) is 13.6. The topological polar surface area (TPSA) is 75.6 Å². The third-order valence-electron chi connectivity index (χ3n) is 4.84. The molecule has 22 heavy (non-hydrogen) atoms. The molecule has 2 aliphatic rings. The van der Waals surface area contributed by atoms with Crippen LogP contribution >= 0.6 is 0 Å². The molecule has 1 aliphatic carbocycles. The van der Waals surface area contributed by atoms with Gasteiger partial charge in [0.05, 0.1) is 28.3 Å². The molecule has 1 aliphatic heterocycles. The quantitative estimate of drug-likeness (QED) is 0.815. The summed E-state index contributed by atoms with van der Waals surface area (Å²) in [6.07, 6.45) is 4.93. The fourth-order valence-corrected chi connectivity index (χ4v) is 3.67. The summed E-state index contributed by atoms with van der Waals surface area (Å²) in [7, 11) is 0. The molecule has 1 unspecified atom stereocenters. The Morgan fingerprint density at radius 2 is 2.05 bits per heavy atom. The Kier molecular flexibility index (Phi) is 4.23. The first kappa shape index (κ1) is 15.5. The SMILES string of the molecule is CC[S+]([O-])Nc1ccc(C(=O)O)c(N2CCC3(CC2)CC3)c1. The summed E-state index contributed by atoms with van der Waals surface area (Å²) < 4.78 is 14.6. The average molecular weight is 322 g/mol. The lowest BCUT2D eigenvalue weighted by Crippen LogP contribution is -2.35. The molecule has 1 saturated heterocycles. The second kappa shape index (κ2) is 6.01. The zero-order chi connectivity index (χ0) is 15.7. The molecule has 0 bridgehead atoms. The van der Waals surface area contributed by atoms with Crippen molar-refractivity contribution in [3.8, 4) is 0 Å². The molecule has 5 nitrogen and oxygen atoms in total. The Hall–Kier alpha value is -1.40. The van der Waals surface area contributed by atoms with Crippen LogP contribution < -0.4 is 9.62 Å². The van der Waals surface area contributed by atoms with E-state index < -0.39 is 17.3 Å². The van der Waals surface area contributed by atoms with Gasteiger partial charge in [0.15, 0.2) is 0 Å². The van der Waals surface area contributed by atoms with Crippen LogP contribution in [0.5, 0.6) is 0 Å². The van der Waals surface area contributed by atoms with E-state index in [0.717, 1.165) is 31.6 Å². The lowest BCUT2D eigenvalue weighted by atomic mass is 9.93. The second-order valence-corrected chi connectivity index (χ2v) is 7.73. The molecule has 1 heterocycles. The number of hydrogen-bond acceptors (Lipinski definition) is 4. The number of nitrogens with one attached hydrogen (secondary N) is 1. The molecular weight excluding hydrogens is 300 g/mol. The third kappa shape index (κ3) is 3.17. The van der Waals surface area contributed by atoms with Crippen molar-refractivity contribution in [1.82, 2.24) is 0 Å². The van der Waals surface area contributed by atoms with Crippen molar-refractivity contribution in [2.75, 3.05) is 28.5 Å². The minimum absolute atomic E-state index is 0.319. The van der Waals surface area contributed by atoms with E-state index in [1.807, 2.05) is 13.0 Å². The molecule has 2 N–H and O–H groups in total. The van der Waals surface area contributed by atoms with Gasteiger partial charge in [-0.2, -0.15) is 0 Å². The maximum atomic E-state index is 11.7. The largest absolute Gasteiger partial charge is 0.593 e. The predicted molar refractivity (Wildman–Crippen MR) is 88.8 cm³/mol.